The molecule has 0 aliphatic rings. The molecule has 0 aliphatic heterocycles. The first kappa shape index (κ1) is 18.3. The molecular weight excluding hydrogens is 406 g/mol. The normalized spacial score (nSPS) is 11.8. The third kappa shape index (κ3) is 2.98. The van der Waals surface area contributed by atoms with Crippen LogP contribution in [0.25, 0.3) is 22.0 Å². The minimum absolute atomic E-state index is 0.00305. The molecule has 0 saturated carbocycles. The zero-order valence-corrected chi connectivity index (χ0v) is 16.3. The second-order valence-electron chi connectivity index (χ2n) is 6.05. The van der Waals surface area contributed by atoms with Gasteiger partial charge in [-0.25, -0.2) is 18.2 Å². The maximum atomic E-state index is 12.8. The largest absolute Gasteiger partial charge is 0.495 e. The summed E-state index contributed by atoms with van der Waals surface area (Å²) in [5.74, 6) is 0.434. The summed E-state index contributed by atoms with van der Waals surface area (Å²) in [6.45, 7) is 0. The van der Waals surface area contributed by atoms with E-state index in [1.165, 1.54) is 37.7 Å². The lowest BCUT2D eigenvalue weighted by atomic mass is 10.2. The minimum atomic E-state index is -3.91. The summed E-state index contributed by atoms with van der Waals surface area (Å²) >= 11 is 6.06. The fourth-order valence-electron chi connectivity index (χ4n) is 2.94. The highest BCUT2D eigenvalue weighted by Gasteiger charge is 2.19. The number of ether oxygens (including phenoxy) is 1. The molecule has 144 valence electrons. The lowest BCUT2D eigenvalue weighted by Crippen LogP contribution is -2.13. The number of rotatable bonds is 4. The van der Waals surface area contributed by atoms with E-state index in [0.29, 0.717) is 16.7 Å². The lowest BCUT2D eigenvalue weighted by Gasteiger charge is -2.11. The molecule has 0 saturated heterocycles. The molecule has 8 nitrogen and oxygen atoms in total. The third-order valence-electron chi connectivity index (χ3n) is 4.25. The van der Waals surface area contributed by atoms with Crippen LogP contribution in [0.5, 0.6) is 5.75 Å². The molecule has 0 amide bonds. The highest BCUT2D eigenvalue weighted by Crippen LogP contribution is 2.29. The number of nitrogens with one attached hydrogen (secondary N) is 1. The van der Waals surface area contributed by atoms with E-state index in [4.69, 9.17) is 20.8 Å². The van der Waals surface area contributed by atoms with E-state index in [1.54, 1.807) is 23.7 Å². The van der Waals surface area contributed by atoms with Crippen molar-refractivity contribution in [2.75, 3.05) is 11.8 Å². The second kappa shape index (κ2) is 6.54. The number of aryl methyl sites for hydroxylation is 1. The Balaban J connectivity index is 1.82. The van der Waals surface area contributed by atoms with Crippen LogP contribution >= 0.6 is 11.6 Å². The first-order valence-electron chi connectivity index (χ1n) is 8.04. The van der Waals surface area contributed by atoms with Gasteiger partial charge in [0.25, 0.3) is 10.0 Å². The standard InChI is InChI=1S/C18H14ClN3O5S/c1-22-9-20-16-17(22)12-8-11(4-6-14(12)27-18(16)23)28(24,25)21-10-3-5-15(26-2)13(19)7-10/h3-9,21H,1-2H3. The molecule has 0 spiro atoms. The Morgan fingerprint density at radius 2 is 2.00 bits per heavy atom. The first-order valence-corrected chi connectivity index (χ1v) is 9.90. The summed E-state index contributed by atoms with van der Waals surface area (Å²) < 4.78 is 40.1. The van der Waals surface area contributed by atoms with Gasteiger partial charge in [-0.05, 0) is 36.4 Å². The van der Waals surface area contributed by atoms with Crippen molar-refractivity contribution in [3.8, 4) is 5.75 Å². The Labute approximate surface area is 164 Å². The Morgan fingerprint density at radius 3 is 2.71 bits per heavy atom. The molecule has 0 atom stereocenters. The molecule has 28 heavy (non-hydrogen) atoms. The monoisotopic (exact) mass is 419 g/mol. The summed E-state index contributed by atoms with van der Waals surface area (Å²) in [5.41, 5.74) is 0.614. The molecule has 0 aliphatic carbocycles. The van der Waals surface area contributed by atoms with Gasteiger partial charge in [0.1, 0.15) is 11.3 Å². The van der Waals surface area contributed by atoms with Crippen LogP contribution in [0.2, 0.25) is 5.02 Å². The minimum Gasteiger partial charge on any atom is -0.495 e. The summed E-state index contributed by atoms with van der Waals surface area (Å²) in [7, 11) is -0.730. The van der Waals surface area contributed by atoms with Crippen LogP contribution in [-0.4, -0.2) is 25.1 Å². The molecule has 4 rings (SSSR count). The Kier molecular flexibility index (Phi) is 4.28. The number of methoxy groups -OCH3 is 1. The van der Waals surface area contributed by atoms with Crippen LogP contribution in [0, 0.1) is 0 Å². The average molecular weight is 420 g/mol. The van der Waals surface area contributed by atoms with Gasteiger partial charge in [0.05, 0.1) is 34.6 Å². The predicted octanol–water partition coefficient (Wildman–Crippen LogP) is 3.14. The number of anilines is 1. The fraction of sp³-hybridized carbons (Fsp3) is 0.111. The van der Waals surface area contributed by atoms with Crippen LogP contribution in [0.3, 0.4) is 0 Å². The highest BCUT2D eigenvalue weighted by molar-refractivity contribution is 7.92. The number of sulfonamides is 1. The van der Waals surface area contributed by atoms with Crippen LogP contribution in [0.15, 0.2) is 56.8 Å². The van der Waals surface area contributed by atoms with Crippen LogP contribution in [0.4, 0.5) is 5.69 Å². The molecular formula is C18H14ClN3O5S. The molecule has 10 heteroatoms. The van der Waals surface area contributed by atoms with Gasteiger partial charge in [-0.15, -0.1) is 0 Å². The topological polar surface area (TPSA) is 103 Å². The quantitative estimate of drug-likeness (QED) is 0.509. The number of imidazole rings is 1. The van der Waals surface area contributed by atoms with Gasteiger partial charge < -0.3 is 13.7 Å². The third-order valence-corrected chi connectivity index (χ3v) is 5.93. The molecule has 0 radical (unpaired) electrons. The molecule has 1 N–H and O–H groups in total. The van der Waals surface area contributed by atoms with Crippen LogP contribution in [0.1, 0.15) is 0 Å². The Morgan fingerprint density at radius 1 is 1.21 bits per heavy atom. The van der Waals surface area contributed by atoms with Gasteiger partial charge in [0.15, 0.2) is 5.52 Å². The summed E-state index contributed by atoms with van der Waals surface area (Å²) in [6, 6.07) is 8.81. The van der Waals surface area contributed by atoms with E-state index in [1.807, 2.05) is 0 Å². The van der Waals surface area contributed by atoms with Crippen molar-refractivity contribution in [2.24, 2.45) is 7.05 Å². The van der Waals surface area contributed by atoms with E-state index in [9.17, 15) is 13.2 Å². The first-order chi connectivity index (χ1) is 13.3. The number of fused-ring (bicyclic) bond motifs is 3. The van der Waals surface area contributed by atoms with Gasteiger partial charge in [0.2, 0.25) is 0 Å². The van der Waals surface area contributed by atoms with Crippen molar-refractivity contribution in [3.63, 3.8) is 0 Å². The number of hydrogen-bond donors (Lipinski definition) is 1. The highest BCUT2D eigenvalue weighted by atomic mass is 35.5. The Hall–Kier alpha value is -3.04. The maximum Gasteiger partial charge on any atom is 0.364 e. The molecule has 2 aromatic heterocycles. The van der Waals surface area contributed by atoms with Crippen LogP contribution in [-0.2, 0) is 17.1 Å². The molecule has 0 bridgehead atoms. The smallest absolute Gasteiger partial charge is 0.364 e. The van der Waals surface area contributed by atoms with Gasteiger partial charge >= 0.3 is 5.63 Å². The van der Waals surface area contributed by atoms with Crippen LogP contribution < -0.4 is 15.1 Å². The second-order valence-corrected chi connectivity index (χ2v) is 8.14. The van der Waals surface area contributed by atoms with Gasteiger partial charge in [-0.1, -0.05) is 11.6 Å². The number of benzene rings is 2. The summed E-state index contributed by atoms with van der Waals surface area (Å²) in [4.78, 5) is 16.0. The van der Waals surface area contributed by atoms with Crippen molar-refractivity contribution in [2.45, 2.75) is 4.90 Å². The maximum absolute atomic E-state index is 12.8. The number of halogens is 1. The van der Waals surface area contributed by atoms with Crippen molar-refractivity contribution in [1.29, 1.82) is 0 Å². The average Bonchev–Trinajstić information content (AvgIpc) is 3.04. The van der Waals surface area contributed by atoms with Gasteiger partial charge in [0, 0.05) is 12.4 Å². The molecule has 4 aromatic rings. The molecule has 0 fully saturated rings. The number of hydrogen-bond acceptors (Lipinski definition) is 6. The lowest BCUT2D eigenvalue weighted by molar-refractivity contribution is 0.415. The van der Waals surface area contributed by atoms with E-state index >= 15 is 0 Å². The van der Waals surface area contributed by atoms with Crippen molar-refractivity contribution < 1.29 is 17.6 Å². The van der Waals surface area contributed by atoms with Gasteiger partial charge in [-0.2, -0.15) is 0 Å². The summed E-state index contributed by atoms with van der Waals surface area (Å²) in [6.07, 6.45) is 1.47. The van der Waals surface area contributed by atoms with E-state index in [2.05, 4.69) is 9.71 Å². The Bertz CT molecular complexity index is 1390. The fourth-order valence-corrected chi connectivity index (χ4v) is 4.27. The molecule has 2 aromatic carbocycles. The van der Waals surface area contributed by atoms with Crippen molar-refractivity contribution >= 4 is 49.3 Å². The van der Waals surface area contributed by atoms with E-state index < -0.39 is 15.6 Å². The van der Waals surface area contributed by atoms with Crippen molar-refractivity contribution in [3.05, 3.63) is 58.2 Å². The van der Waals surface area contributed by atoms with E-state index in [-0.39, 0.29) is 26.7 Å². The molecule has 0 unspecified atom stereocenters. The van der Waals surface area contributed by atoms with Crippen molar-refractivity contribution in [1.82, 2.24) is 9.55 Å². The SMILES string of the molecule is COc1ccc(NS(=O)(=O)c2ccc3oc(=O)c4ncn(C)c4c3c2)cc1Cl. The molecule has 2 heterocycles. The van der Waals surface area contributed by atoms with Gasteiger partial charge in [-0.3, -0.25) is 4.72 Å². The zero-order valence-electron chi connectivity index (χ0n) is 14.8. The number of nitrogens with zero attached hydrogens (tertiary/aromatic N) is 2. The predicted molar refractivity (Wildman–Crippen MR) is 106 cm³/mol. The zero-order chi connectivity index (χ0) is 20.1. The summed E-state index contributed by atoms with van der Waals surface area (Å²) in [5, 5.41) is 0.741. The number of aromatic nitrogens is 2. The van der Waals surface area contributed by atoms with E-state index in [0.717, 1.165) is 0 Å².